The first-order valence-corrected chi connectivity index (χ1v) is 8.03. The second-order valence-corrected chi connectivity index (χ2v) is 5.93. The summed E-state index contributed by atoms with van der Waals surface area (Å²) in [5.41, 5.74) is 0.718. The summed E-state index contributed by atoms with van der Waals surface area (Å²) in [5.74, 6) is -1.51. The number of hydrogen-bond donors (Lipinski definition) is 2. The molecule has 0 bridgehead atoms. The molecule has 0 aliphatic heterocycles. The summed E-state index contributed by atoms with van der Waals surface area (Å²) in [6, 6.07) is 13.2. The molecule has 0 amide bonds. The summed E-state index contributed by atoms with van der Waals surface area (Å²) in [7, 11) is 0. The van der Waals surface area contributed by atoms with Crippen molar-refractivity contribution >= 4 is 0 Å². The van der Waals surface area contributed by atoms with Crippen molar-refractivity contribution in [2.75, 3.05) is 13.2 Å². The molecule has 2 rings (SSSR count). The molecule has 3 nitrogen and oxygen atoms in total. The number of nitrogens with zero attached hydrogens (tertiary/aromatic N) is 1. The molecule has 0 aliphatic rings. The third-order valence-electron chi connectivity index (χ3n) is 4.14. The van der Waals surface area contributed by atoms with Crippen molar-refractivity contribution in [1.29, 1.82) is 0 Å². The molecule has 0 radical (unpaired) electrons. The van der Waals surface area contributed by atoms with E-state index in [1.165, 1.54) is 6.07 Å². The highest BCUT2D eigenvalue weighted by Gasteiger charge is 2.23. The van der Waals surface area contributed by atoms with Gasteiger partial charge in [-0.2, -0.15) is 0 Å². The Morgan fingerprint density at radius 3 is 2.21 bits per heavy atom. The van der Waals surface area contributed by atoms with Crippen LogP contribution >= 0.6 is 0 Å². The summed E-state index contributed by atoms with van der Waals surface area (Å²) in [4.78, 5) is 1.92. The minimum Gasteiger partial charge on any atom is -0.396 e. The minimum absolute atomic E-state index is 0.0105. The fourth-order valence-electron chi connectivity index (χ4n) is 2.73. The van der Waals surface area contributed by atoms with Crippen LogP contribution in [0.15, 0.2) is 48.5 Å². The number of aliphatic hydroxyl groups excluding tert-OH is 2. The maximum absolute atomic E-state index is 13.9. The molecule has 0 heterocycles. The van der Waals surface area contributed by atoms with Crippen LogP contribution in [0, 0.1) is 11.6 Å². The first kappa shape index (κ1) is 18.5. The van der Waals surface area contributed by atoms with Crippen LogP contribution < -0.4 is 0 Å². The van der Waals surface area contributed by atoms with Crippen LogP contribution in [0.25, 0.3) is 0 Å². The Labute approximate surface area is 141 Å². The second-order valence-electron chi connectivity index (χ2n) is 5.93. The van der Waals surface area contributed by atoms with Crippen molar-refractivity contribution in [1.82, 2.24) is 4.90 Å². The Bertz CT molecular complexity index is 616. The summed E-state index contributed by atoms with van der Waals surface area (Å²) < 4.78 is 27.7. The fourth-order valence-corrected chi connectivity index (χ4v) is 2.73. The van der Waals surface area contributed by atoms with E-state index in [4.69, 9.17) is 0 Å². The maximum Gasteiger partial charge on any atom is 0.131 e. The highest BCUT2D eigenvalue weighted by Crippen LogP contribution is 2.23. The molecule has 2 N–H and O–H groups in total. The van der Waals surface area contributed by atoms with Gasteiger partial charge in [-0.1, -0.05) is 36.4 Å². The van der Waals surface area contributed by atoms with Gasteiger partial charge in [0.2, 0.25) is 0 Å². The number of rotatable bonds is 8. The minimum atomic E-state index is -1.28. The van der Waals surface area contributed by atoms with E-state index in [1.54, 1.807) is 0 Å². The Hall–Kier alpha value is -1.82. The van der Waals surface area contributed by atoms with E-state index in [-0.39, 0.29) is 24.8 Å². The lowest BCUT2D eigenvalue weighted by atomic mass is 10.1. The van der Waals surface area contributed by atoms with Crippen molar-refractivity contribution in [3.8, 4) is 0 Å². The zero-order valence-electron chi connectivity index (χ0n) is 13.7. The summed E-state index contributed by atoms with van der Waals surface area (Å²) >= 11 is 0. The highest BCUT2D eigenvalue weighted by atomic mass is 19.1. The zero-order chi connectivity index (χ0) is 17.5. The predicted molar refractivity (Wildman–Crippen MR) is 89.3 cm³/mol. The van der Waals surface area contributed by atoms with Gasteiger partial charge in [0.15, 0.2) is 0 Å². The summed E-state index contributed by atoms with van der Waals surface area (Å²) in [6.45, 7) is 2.53. The van der Waals surface area contributed by atoms with Gasteiger partial charge in [-0.3, -0.25) is 4.90 Å². The monoisotopic (exact) mass is 335 g/mol. The van der Waals surface area contributed by atoms with Crippen LogP contribution in [-0.2, 0) is 6.54 Å². The second kappa shape index (κ2) is 8.87. The first-order chi connectivity index (χ1) is 11.5. The number of aliphatic hydroxyl groups is 2. The summed E-state index contributed by atoms with van der Waals surface area (Å²) in [6.07, 6.45) is -0.768. The normalized spacial score (nSPS) is 13.9. The molecule has 2 aromatic carbocycles. The van der Waals surface area contributed by atoms with Gasteiger partial charge in [-0.25, -0.2) is 8.78 Å². The van der Waals surface area contributed by atoms with Crippen molar-refractivity contribution in [3.05, 3.63) is 71.3 Å². The lowest BCUT2D eigenvalue weighted by Crippen LogP contribution is -2.37. The average molecular weight is 335 g/mol. The van der Waals surface area contributed by atoms with Gasteiger partial charge in [0.25, 0.3) is 0 Å². The van der Waals surface area contributed by atoms with Crippen LogP contribution in [-0.4, -0.2) is 34.3 Å². The molecule has 130 valence electrons. The van der Waals surface area contributed by atoms with E-state index in [0.717, 1.165) is 17.7 Å². The van der Waals surface area contributed by atoms with E-state index in [1.807, 2.05) is 42.2 Å². The Morgan fingerprint density at radius 1 is 1.00 bits per heavy atom. The van der Waals surface area contributed by atoms with Gasteiger partial charge in [0.05, 0.1) is 11.7 Å². The molecular formula is C19H23F2NO2. The van der Waals surface area contributed by atoms with Gasteiger partial charge in [-0.15, -0.1) is 0 Å². The van der Waals surface area contributed by atoms with Crippen LogP contribution in [0.5, 0.6) is 0 Å². The van der Waals surface area contributed by atoms with Gasteiger partial charge in [-0.05, 0) is 31.0 Å². The Kier molecular flexibility index (Phi) is 6.85. The molecular weight excluding hydrogens is 312 g/mol. The van der Waals surface area contributed by atoms with Crippen molar-refractivity contribution in [2.24, 2.45) is 0 Å². The molecule has 0 spiro atoms. The Balaban J connectivity index is 2.18. The number of halogens is 2. The van der Waals surface area contributed by atoms with Crippen LogP contribution in [0.3, 0.4) is 0 Å². The lowest BCUT2D eigenvalue weighted by molar-refractivity contribution is 0.0724. The van der Waals surface area contributed by atoms with Gasteiger partial charge < -0.3 is 10.2 Å². The molecule has 0 aromatic heterocycles. The molecule has 5 heteroatoms. The molecule has 24 heavy (non-hydrogen) atoms. The quantitative estimate of drug-likeness (QED) is 0.778. The van der Waals surface area contributed by atoms with Gasteiger partial charge in [0.1, 0.15) is 11.6 Å². The third kappa shape index (κ3) is 4.84. The largest absolute Gasteiger partial charge is 0.396 e. The molecule has 0 fully saturated rings. The van der Waals surface area contributed by atoms with E-state index in [2.05, 4.69) is 0 Å². The molecule has 2 unspecified atom stereocenters. The fraction of sp³-hybridized carbons (Fsp3) is 0.368. The standard InChI is InChI=1S/C19H23F2NO2/c1-14(10-11-23)22(12-15-6-3-2-4-7-15)13-18(24)19-16(20)8-5-9-17(19)21/h2-9,14,18,23-24H,10-13H2,1H3. The van der Waals surface area contributed by atoms with Crippen molar-refractivity contribution in [3.63, 3.8) is 0 Å². The van der Waals surface area contributed by atoms with E-state index >= 15 is 0 Å². The predicted octanol–water partition coefficient (Wildman–Crippen LogP) is 3.27. The molecule has 0 aliphatic carbocycles. The van der Waals surface area contributed by atoms with Crippen molar-refractivity contribution < 1.29 is 19.0 Å². The molecule has 0 saturated heterocycles. The zero-order valence-corrected chi connectivity index (χ0v) is 13.7. The van der Waals surface area contributed by atoms with Crippen LogP contribution in [0.4, 0.5) is 8.78 Å². The molecule has 2 atom stereocenters. The highest BCUT2D eigenvalue weighted by molar-refractivity contribution is 5.22. The van der Waals surface area contributed by atoms with Crippen molar-refractivity contribution in [2.45, 2.75) is 32.0 Å². The van der Waals surface area contributed by atoms with E-state index in [0.29, 0.717) is 13.0 Å². The average Bonchev–Trinajstić information content (AvgIpc) is 2.55. The third-order valence-corrected chi connectivity index (χ3v) is 4.14. The maximum atomic E-state index is 13.9. The van der Waals surface area contributed by atoms with E-state index in [9.17, 15) is 19.0 Å². The summed E-state index contributed by atoms with van der Waals surface area (Å²) in [5, 5.41) is 19.5. The number of hydrogen-bond acceptors (Lipinski definition) is 3. The Morgan fingerprint density at radius 2 is 1.62 bits per heavy atom. The smallest absolute Gasteiger partial charge is 0.131 e. The molecule has 0 saturated carbocycles. The first-order valence-electron chi connectivity index (χ1n) is 8.03. The topological polar surface area (TPSA) is 43.7 Å². The SMILES string of the molecule is CC(CCO)N(Cc1ccccc1)CC(O)c1c(F)cccc1F. The van der Waals surface area contributed by atoms with Gasteiger partial charge >= 0.3 is 0 Å². The van der Waals surface area contributed by atoms with Gasteiger partial charge in [0, 0.05) is 25.7 Å². The number of benzene rings is 2. The van der Waals surface area contributed by atoms with Crippen LogP contribution in [0.1, 0.15) is 30.6 Å². The molecule has 2 aromatic rings. The van der Waals surface area contributed by atoms with Crippen LogP contribution in [0.2, 0.25) is 0 Å². The van der Waals surface area contributed by atoms with E-state index < -0.39 is 17.7 Å². The lowest BCUT2D eigenvalue weighted by Gasteiger charge is -2.31.